The molecule has 4 nitrogen and oxygen atoms in total. The van der Waals surface area contributed by atoms with Crippen molar-refractivity contribution in [2.75, 3.05) is 0 Å². The summed E-state index contributed by atoms with van der Waals surface area (Å²) in [5.41, 5.74) is 6.93. The van der Waals surface area contributed by atoms with Gasteiger partial charge in [-0.1, -0.05) is 28.4 Å². The number of nitrogens with zero attached hydrogens (tertiary/aromatic N) is 1. The summed E-state index contributed by atoms with van der Waals surface area (Å²) >= 11 is 11.9. The molecular formula is C14H12Cl2N2O2. The zero-order valence-corrected chi connectivity index (χ0v) is 12.1. The normalized spacial score (nSPS) is 11.4. The van der Waals surface area contributed by atoms with E-state index in [0.717, 1.165) is 5.56 Å². The van der Waals surface area contributed by atoms with Crippen LogP contribution < -0.4 is 10.5 Å². The summed E-state index contributed by atoms with van der Waals surface area (Å²) < 4.78 is 5.78. The number of oxime groups is 1. The fourth-order valence-corrected chi connectivity index (χ4v) is 2.08. The Labute approximate surface area is 126 Å². The zero-order chi connectivity index (χ0) is 14.7. The summed E-state index contributed by atoms with van der Waals surface area (Å²) in [6, 6.07) is 10.1. The molecule has 2 aromatic carbocycles. The van der Waals surface area contributed by atoms with E-state index in [2.05, 4.69) is 5.16 Å². The van der Waals surface area contributed by atoms with Crippen LogP contribution in [0.5, 0.6) is 11.5 Å². The molecule has 104 valence electrons. The van der Waals surface area contributed by atoms with Gasteiger partial charge in [-0.15, -0.1) is 0 Å². The highest BCUT2D eigenvalue weighted by molar-refractivity contribution is 6.31. The van der Waals surface area contributed by atoms with Crippen molar-refractivity contribution in [2.45, 2.75) is 6.92 Å². The molecule has 2 rings (SSSR count). The highest BCUT2D eigenvalue weighted by atomic mass is 35.5. The Morgan fingerprint density at radius 2 is 1.75 bits per heavy atom. The summed E-state index contributed by atoms with van der Waals surface area (Å²) in [6.45, 7) is 1.87. The fourth-order valence-electron chi connectivity index (χ4n) is 1.69. The molecule has 0 aromatic heterocycles. The number of hydrogen-bond donors (Lipinski definition) is 2. The molecule has 0 aliphatic heterocycles. The number of benzene rings is 2. The molecule has 0 radical (unpaired) electrons. The Morgan fingerprint density at radius 3 is 2.40 bits per heavy atom. The SMILES string of the molecule is Cc1cc(Cl)ccc1Oc1cc(Cl)ccc1C(N)=NO. The molecular weight excluding hydrogens is 299 g/mol. The smallest absolute Gasteiger partial charge is 0.173 e. The first kappa shape index (κ1) is 14.5. The summed E-state index contributed by atoms with van der Waals surface area (Å²) in [7, 11) is 0. The molecule has 0 fully saturated rings. The van der Waals surface area contributed by atoms with Gasteiger partial charge >= 0.3 is 0 Å². The van der Waals surface area contributed by atoms with Crippen molar-refractivity contribution < 1.29 is 9.94 Å². The lowest BCUT2D eigenvalue weighted by atomic mass is 10.1. The maximum Gasteiger partial charge on any atom is 0.173 e. The van der Waals surface area contributed by atoms with E-state index in [0.29, 0.717) is 27.1 Å². The van der Waals surface area contributed by atoms with Crippen LogP contribution in [0, 0.1) is 6.92 Å². The van der Waals surface area contributed by atoms with Gasteiger partial charge in [0.05, 0.1) is 5.56 Å². The van der Waals surface area contributed by atoms with Crippen molar-refractivity contribution in [3.05, 3.63) is 57.6 Å². The first-order chi connectivity index (χ1) is 9.51. The van der Waals surface area contributed by atoms with Crippen molar-refractivity contribution in [3.8, 4) is 11.5 Å². The van der Waals surface area contributed by atoms with Crippen LogP contribution in [0.3, 0.4) is 0 Å². The second-order valence-corrected chi connectivity index (χ2v) is 5.01. The van der Waals surface area contributed by atoms with E-state index in [1.165, 1.54) is 0 Å². The molecule has 0 spiro atoms. The van der Waals surface area contributed by atoms with Crippen LogP contribution in [0.15, 0.2) is 41.6 Å². The predicted molar refractivity (Wildman–Crippen MR) is 80.2 cm³/mol. The van der Waals surface area contributed by atoms with E-state index < -0.39 is 0 Å². The number of halogens is 2. The molecule has 0 saturated heterocycles. The molecule has 0 unspecified atom stereocenters. The lowest BCUT2D eigenvalue weighted by Gasteiger charge is -2.12. The predicted octanol–water partition coefficient (Wildman–Crippen LogP) is 4.19. The lowest BCUT2D eigenvalue weighted by Crippen LogP contribution is -2.14. The van der Waals surface area contributed by atoms with Gasteiger partial charge in [0, 0.05) is 16.1 Å². The number of rotatable bonds is 3. The molecule has 0 aliphatic carbocycles. The summed E-state index contributed by atoms with van der Waals surface area (Å²) in [5, 5.41) is 12.9. The third kappa shape index (κ3) is 3.15. The van der Waals surface area contributed by atoms with Crippen LogP contribution in [0.2, 0.25) is 10.0 Å². The minimum absolute atomic E-state index is 0.0525. The molecule has 20 heavy (non-hydrogen) atoms. The Hall–Kier alpha value is -1.91. The molecule has 6 heteroatoms. The van der Waals surface area contributed by atoms with Crippen LogP contribution in [0.1, 0.15) is 11.1 Å². The van der Waals surface area contributed by atoms with Gasteiger partial charge < -0.3 is 15.7 Å². The first-order valence-electron chi connectivity index (χ1n) is 5.72. The van der Waals surface area contributed by atoms with Gasteiger partial charge in [-0.3, -0.25) is 0 Å². The summed E-state index contributed by atoms with van der Waals surface area (Å²) in [6.07, 6.45) is 0. The Balaban J connectivity index is 2.44. The molecule has 0 saturated carbocycles. The van der Waals surface area contributed by atoms with Gasteiger partial charge in [0.1, 0.15) is 11.5 Å². The number of amidine groups is 1. The van der Waals surface area contributed by atoms with Gasteiger partial charge in [0.25, 0.3) is 0 Å². The average molecular weight is 311 g/mol. The van der Waals surface area contributed by atoms with E-state index in [-0.39, 0.29) is 5.84 Å². The van der Waals surface area contributed by atoms with E-state index in [1.54, 1.807) is 36.4 Å². The zero-order valence-electron chi connectivity index (χ0n) is 10.6. The Kier molecular flexibility index (Phi) is 4.37. The largest absolute Gasteiger partial charge is 0.456 e. The maximum atomic E-state index is 8.80. The van der Waals surface area contributed by atoms with Crippen LogP contribution >= 0.6 is 23.2 Å². The minimum atomic E-state index is -0.0525. The summed E-state index contributed by atoms with van der Waals surface area (Å²) in [4.78, 5) is 0. The highest BCUT2D eigenvalue weighted by Crippen LogP contribution is 2.31. The maximum absolute atomic E-state index is 8.80. The summed E-state index contributed by atoms with van der Waals surface area (Å²) in [5.74, 6) is 0.963. The fraction of sp³-hybridized carbons (Fsp3) is 0.0714. The van der Waals surface area contributed by atoms with Gasteiger partial charge in [-0.05, 0) is 42.8 Å². The van der Waals surface area contributed by atoms with E-state index in [9.17, 15) is 0 Å². The first-order valence-corrected chi connectivity index (χ1v) is 6.48. The molecule has 0 heterocycles. The van der Waals surface area contributed by atoms with Crippen molar-refractivity contribution in [2.24, 2.45) is 10.9 Å². The lowest BCUT2D eigenvalue weighted by molar-refractivity contribution is 0.318. The van der Waals surface area contributed by atoms with Gasteiger partial charge in [-0.25, -0.2) is 0 Å². The third-order valence-corrected chi connectivity index (χ3v) is 3.15. The highest BCUT2D eigenvalue weighted by Gasteiger charge is 2.11. The standard InChI is InChI=1S/C14H12Cl2N2O2/c1-8-6-9(15)3-5-12(8)20-13-7-10(16)2-4-11(13)14(17)18-19/h2-7,19H,1H3,(H2,17,18). The molecule has 0 bridgehead atoms. The van der Waals surface area contributed by atoms with Gasteiger partial charge in [-0.2, -0.15) is 0 Å². The van der Waals surface area contributed by atoms with Crippen molar-refractivity contribution in [1.29, 1.82) is 0 Å². The van der Waals surface area contributed by atoms with Crippen LogP contribution in [0.4, 0.5) is 0 Å². The van der Waals surface area contributed by atoms with Crippen LogP contribution in [0.25, 0.3) is 0 Å². The Bertz CT molecular complexity index is 672. The number of aryl methyl sites for hydroxylation is 1. The van der Waals surface area contributed by atoms with Crippen molar-refractivity contribution in [3.63, 3.8) is 0 Å². The Morgan fingerprint density at radius 1 is 1.10 bits per heavy atom. The molecule has 3 N–H and O–H groups in total. The third-order valence-electron chi connectivity index (χ3n) is 2.68. The van der Waals surface area contributed by atoms with Gasteiger partial charge in [0.15, 0.2) is 5.84 Å². The minimum Gasteiger partial charge on any atom is -0.456 e. The van der Waals surface area contributed by atoms with E-state index in [1.807, 2.05) is 6.92 Å². The number of hydrogen-bond acceptors (Lipinski definition) is 3. The molecule has 0 aliphatic rings. The molecule has 2 aromatic rings. The van der Waals surface area contributed by atoms with Crippen molar-refractivity contribution in [1.82, 2.24) is 0 Å². The molecule has 0 atom stereocenters. The number of ether oxygens (including phenoxy) is 1. The van der Waals surface area contributed by atoms with Gasteiger partial charge in [0.2, 0.25) is 0 Å². The van der Waals surface area contributed by atoms with E-state index >= 15 is 0 Å². The topological polar surface area (TPSA) is 67.8 Å². The molecule has 0 amide bonds. The average Bonchev–Trinajstić information content (AvgIpc) is 2.41. The van der Waals surface area contributed by atoms with E-state index in [4.69, 9.17) is 38.9 Å². The quantitative estimate of drug-likeness (QED) is 0.386. The van der Waals surface area contributed by atoms with Crippen LogP contribution in [-0.4, -0.2) is 11.0 Å². The monoisotopic (exact) mass is 310 g/mol. The van der Waals surface area contributed by atoms with Crippen molar-refractivity contribution >= 4 is 29.0 Å². The second kappa shape index (κ2) is 6.03. The second-order valence-electron chi connectivity index (χ2n) is 4.14. The van der Waals surface area contributed by atoms with Crippen LogP contribution in [-0.2, 0) is 0 Å². The number of nitrogens with two attached hydrogens (primary N) is 1.